The van der Waals surface area contributed by atoms with Crippen molar-refractivity contribution in [2.24, 2.45) is 5.73 Å². The van der Waals surface area contributed by atoms with Crippen LogP contribution < -0.4 is 5.73 Å². The average molecular weight is 232 g/mol. The average Bonchev–Trinajstić information content (AvgIpc) is 2.15. The summed E-state index contributed by atoms with van der Waals surface area (Å²) in [5.41, 5.74) is 6.32. The van der Waals surface area contributed by atoms with Crippen LogP contribution in [0, 0.1) is 5.82 Å². The lowest BCUT2D eigenvalue weighted by Crippen LogP contribution is -2.26. The second kappa shape index (κ2) is 5.45. The van der Waals surface area contributed by atoms with Gasteiger partial charge in [-0.1, -0.05) is 24.9 Å². The van der Waals surface area contributed by atoms with E-state index in [9.17, 15) is 9.50 Å². The zero-order valence-electron chi connectivity index (χ0n) is 8.58. The quantitative estimate of drug-likeness (QED) is 0.837. The summed E-state index contributed by atoms with van der Waals surface area (Å²) in [6, 6.07) is 3.51. The molecule has 1 aromatic carbocycles. The van der Waals surface area contributed by atoms with Gasteiger partial charge in [0, 0.05) is 5.02 Å². The molecule has 0 heterocycles. The molecule has 4 heteroatoms. The maximum Gasteiger partial charge on any atom is 0.125 e. The molecular formula is C11H15ClFNO. The molecule has 0 aromatic heterocycles. The first-order chi connectivity index (χ1) is 7.04. The first-order valence-corrected chi connectivity index (χ1v) is 5.32. The number of nitrogens with two attached hydrogens (primary N) is 1. The highest BCUT2D eigenvalue weighted by molar-refractivity contribution is 6.30. The van der Waals surface area contributed by atoms with Crippen LogP contribution in [-0.2, 0) is 0 Å². The van der Waals surface area contributed by atoms with Crippen LogP contribution in [0.25, 0.3) is 0 Å². The number of benzene rings is 1. The van der Waals surface area contributed by atoms with Gasteiger partial charge in [0.25, 0.3) is 0 Å². The third kappa shape index (κ3) is 3.45. The van der Waals surface area contributed by atoms with E-state index < -0.39 is 18.0 Å². The van der Waals surface area contributed by atoms with Gasteiger partial charge in [0.15, 0.2) is 0 Å². The number of aliphatic hydroxyl groups is 1. The van der Waals surface area contributed by atoms with Crippen molar-refractivity contribution in [1.82, 2.24) is 0 Å². The van der Waals surface area contributed by atoms with E-state index >= 15 is 0 Å². The molecule has 0 amide bonds. The molecule has 0 unspecified atom stereocenters. The van der Waals surface area contributed by atoms with Gasteiger partial charge < -0.3 is 10.8 Å². The van der Waals surface area contributed by atoms with Gasteiger partial charge in [-0.3, -0.25) is 0 Å². The second-order valence-electron chi connectivity index (χ2n) is 3.58. The summed E-state index contributed by atoms with van der Waals surface area (Å²) >= 11 is 5.70. The van der Waals surface area contributed by atoms with Crippen molar-refractivity contribution in [2.75, 3.05) is 0 Å². The predicted molar refractivity (Wildman–Crippen MR) is 59.3 cm³/mol. The zero-order valence-corrected chi connectivity index (χ0v) is 9.34. The molecule has 0 aliphatic carbocycles. The van der Waals surface area contributed by atoms with Crippen molar-refractivity contribution in [3.63, 3.8) is 0 Å². The molecule has 0 bridgehead atoms. The van der Waals surface area contributed by atoms with E-state index in [-0.39, 0.29) is 0 Å². The number of halogens is 2. The number of aliphatic hydroxyl groups excluding tert-OH is 1. The summed E-state index contributed by atoms with van der Waals surface area (Å²) < 4.78 is 13.0. The SMILES string of the molecule is CCC[C@@H](O)[C@@H](N)c1cc(F)cc(Cl)c1. The van der Waals surface area contributed by atoms with Crippen LogP contribution in [0.2, 0.25) is 5.02 Å². The molecule has 1 rings (SSSR count). The van der Waals surface area contributed by atoms with Crippen molar-refractivity contribution in [2.45, 2.75) is 31.9 Å². The highest BCUT2D eigenvalue weighted by Crippen LogP contribution is 2.22. The Labute approximate surface area is 93.9 Å². The Hall–Kier alpha value is -0.640. The van der Waals surface area contributed by atoms with Crippen molar-refractivity contribution < 1.29 is 9.50 Å². The van der Waals surface area contributed by atoms with Gasteiger partial charge in [-0.15, -0.1) is 0 Å². The van der Waals surface area contributed by atoms with Crippen molar-refractivity contribution >= 4 is 11.6 Å². The summed E-state index contributed by atoms with van der Waals surface area (Å²) in [6.45, 7) is 1.95. The van der Waals surface area contributed by atoms with E-state index in [4.69, 9.17) is 17.3 Å². The normalized spacial score (nSPS) is 15.0. The standard InChI is InChI=1S/C11H15ClFNO/c1-2-3-10(15)11(14)7-4-8(12)6-9(13)5-7/h4-6,10-11,15H,2-3,14H2,1H3/t10-,11+/m1/s1. The largest absolute Gasteiger partial charge is 0.391 e. The van der Waals surface area contributed by atoms with Gasteiger partial charge in [-0.25, -0.2) is 4.39 Å². The van der Waals surface area contributed by atoms with Gasteiger partial charge in [0.2, 0.25) is 0 Å². The molecule has 15 heavy (non-hydrogen) atoms. The van der Waals surface area contributed by atoms with Crippen LogP contribution >= 0.6 is 11.6 Å². The van der Waals surface area contributed by atoms with Crippen LogP contribution in [0.3, 0.4) is 0 Å². The fourth-order valence-corrected chi connectivity index (χ4v) is 1.70. The molecule has 0 spiro atoms. The summed E-state index contributed by atoms with van der Waals surface area (Å²) in [6.07, 6.45) is 0.764. The highest BCUT2D eigenvalue weighted by atomic mass is 35.5. The van der Waals surface area contributed by atoms with Gasteiger partial charge in [-0.05, 0) is 30.2 Å². The van der Waals surface area contributed by atoms with E-state index in [2.05, 4.69) is 0 Å². The topological polar surface area (TPSA) is 46.2 Å². The monoisotopic (exact) mass is 231 g/mol. The molecule has 0 aliphatic heterocycles. The minimum atomic E-state index is -0.659. The molecule has 3 N–H and O–H groups in total. The van der Waals surface area contributed by atoms with E-state index in [0.717, 1.165) is 6.42 Å². The maximum absolute atomic E-state index is 13.0. The van der Waals surface area contributed by atoms with Gasteiger partial charge in [-0.2, -0.15) is 0 Å². The third-order valence-corrected chi connectivity index (χ3v) is 2.49. The van der Waals surface area contributed by atoms with Gasteiger partial charge in [0.1, 0.15) is 5.82 Å². The fraction of sp³-hybridized carbons (Fsp3) is 0.455. The predicted octanol–water partition coefficient (Wildman–Crippen LogP) is 2.64. The minimum Gasteiger partial charge on any atom is -0.391 e. The van der Waals surface area contributed by atoms with Crippen LogP contribution in [0.4, 0.5) is 4.39 Å². The lowest BCUT2D eigenvalue weighted by molar-refractivity contribution is 0.134. The summed E-state index contributed by atoms with van der Waals surface area (Å²) in [7, 11) is 0. The molecule has 2 nitrogen and oxygen atoms in total. The van der Waals surface area contributed by atoms with Crippen LogP contribution in [0.5, 0.6) is 0 Å². The molecular weight excluding hydrogens is 217 g/mol. The van der Waals surface area contributed by atoms with Crippen LogP contribution in [0.1, 0.15) is 31.4 Å². The van der Waals surface area contributed by atoms with Crippen LogP contribution in [-0.4, -0.2) is 11.2 Å². The molecule has 0 aliphatic rings. The van der Waals surface area contributed by atoms with Gasteiger partial charge >= 0.3 is 0 Å². The minimum absolute atomic E-state index is 0.296. The summed E-state index contributed by atoms with van der Waals surface area (Å²) in [4.78, 5) is 0. The molecule has 0 fully saturated rings. The number of hydrogen-bond donors (Lipinski definition) is 2. The maximum atomic E-state index is 13.0. The second-order valence-corrected chi connectivity index (χ2v) is 4.02. The zero-order chi connectivity index (χ0) is 11.4. The summed E-state index contributed by atoms with van der Waals surface area (Å²) in [5.74, 6) is -0.434. The smallest absolute Gasteiger partial charge is 0.125 e. The fourth-order valence-electron chi connectivity index (χ4n) is 1.47. The molecule has 84 valence electrons. The van der Waals surface area contributed by atoms with Crippen molar-refractivity contribution in [1.29, 1.82) is 0 Å². The van der Waals surface area contributed by atoms with E-state index in [1.54, 1.807) is 6.07 Å². The van der Waals surface area contributed by atoms with Crippen molar-refractivity contribution in [3.8, 4) is 0 Å². The number of rotatable bonds is 4. The molecule has 0 saturated carbocycles. The highest BCUT2D eigenvalue weighted by Gasteiger charge is 2.16. The van der Waals surface area contributed by atoms with Gasteiger partial charge in [0.05, 0.1) is 12.1 Å². The van der Waals surface area contributed by atoms with E-state index in [1.807, 2.05) is 6.92 Å². The first-order valence-electron chi connectivity index (χ1n) is 4.94. The Bertz CT molecular complexity index is 312. The molecule has 1 aromatic rings. The lowest BCUT2D eigenvalue weighted by atomic mass is 9.99. The Kier molecular flexibility index (Phi) is 4.51. The number of hydrogen-bond acceptors (Lipinski definition) is 2. The Balaban J connectivity index is 2.85. The first kappa shape index (κ1) is 12.4. The Morgan fingerprint density at radius 2 is 2.13 bits per heavy atom. The molecule has 2 atom stereocenters. The molecule has 0 radical (unpaired) electrons. The van der Waals surface area contributed by atoms with Crippen LogP contribution in [0.15, 0.2) is 18.2 Å². The van der Waals surface area contributed by atoms with E-state index in [1.165, 1.54) is 12.1 Å². The summed E-state index contributed by atoms with van der Waals surface area (Å²) in [5, 5.41) is 9.96. The third-order valence-electron chi connectivity index (χ3n) is 2.27. The lowest BCUT2D eigenvalue weighted by Gasteiger charge is -2.18. The Morgan fingerprint density at radius 1 is 1.47 bits per heavy atom. The Morgan fingerprint density at radius 3 is 2.67 bits per heavy atom. The van der Waals surface area contributed by atoms with Crippen molar-refractivity contribution in [3.05, 3.63) is 34.6 Å². The van der Waals surface area contributed by atoms with E-state index in [0.29, 0.717) is 17.0 Å². The molecule has 0 saturated heterocycles.